The van der Waals surface area contributed by atoms with Crippen LogP contribution in [0.2, 0.25) is 0 Å². The van der Waals surface area contributed by atoms with E-state index in [0.717, 1.165) is 17.9 Å². The lowest BCUT2D eigenvalue weighted by molar-refractivity contribution is 1.04. The van der Waals surface area contributed by atoms with Gasteiger partial charge in [-0.25, -0.2) is 0 Å². The van der Waals surface area contributed by atoms with Crippen LogP contribution in [-0.2, 0) is 6.54 Å². The summed E-state index contributed by atoms with van der Waals surface area (Å²) < 4.78 is 0. The lowest BCUT2D eigenvalue weighted by Crippen LogP contribution is -2.01. The summed E-state index contributed by atoms with van der Waals surface area (Å²) in [7, 11) is 0. The molecule has 2 nitrogen and oxygen atoms in total. The predicted molar refractivity (Wildman–Crippen MR) is 67.5 cm³/mol. The molecule has 0 saturated heterocycles. The highest BCUT2D eigenvalue weighted by Gasteiger charge is 1.96. The van der Waals surface area contributed by atoms with Crippen LogP contribution in [0.25, 0.3) is 0 Å². The standard InChI is InChI=1S/C14H16N2/c1-11-7-12(2)9-14(8-11)16-10-13-5-3-4-6-15-13/h3-9,16H,10H2,1-2H3. The fraction of sp³-hybridized carbons (Fsp3) is 0.214. The van der Waals surface area contributed by atoms with Crippen molar-refractivity contribution in [3.8, 4) is 0 Å². The Bertz CT molecular complexity index is 443. The summed E-state index contributed by atoms with van der Waals surface area (Å²) >= 11 is 0. The Labute approximate surface area is 96.4 Å². The molecule has 0 radical (unpaired) electrons. The summed E-state index contributed by atoms with van der Waals surface area (Å²) in [5.41, 5.74) is 4.77. The summed E-state index contributed by atoms with van der Waals surface area (Å²) in [4.78, 5) is 4.28. The van der Waals surface area contributed by atoms with Gasteiger partial charge in [0.1, 0.15) is 0 Å². The molecule has 0 bridgehead atoms. The first-order valence-corrected chi connectivity index (χ1v) is 5.46. The average molecular weight is 212 g/mol. The first kappa shape index (κ1) is 10.7. The van der Waals surface area contributed by atoms with Gasteiger partial charge in [0.05, 0.1) is 12.2 Å². The Hall–Kier alpha value is -1.83. The minimum atomic E-state index is 0.768. The number of aryl methyl sites for hydroxylation is 2. The third-order valence-corrected chi connectivity index (χ3v) is 2.42. The van der Waals surface area contributed by atoms with Crippen LogP contribution in [0.4, 0.5) is 5.69 Å². The molecular formula is C14H16N2. The van der Waals surface area contributed by atoms with Gasteiger partial charge < -0.3 is 5.32 Å². The Morgan fingerprint density at radius 3 is 2.44 bits per heavy atom. The molecule has 1 N–H and O–H groups in total. The van der Waals surface area contributed by atoms with Crippen molar-refractivity contribution in [3.63, 3.8) is 0 Å². The highest BCUT2D eigenvalue weighted by molar-refractivity contribution is 5.48. The van der Waals surface area contributed by atoms with Crippen molar-refractivity contribution >= 4 is 5.69 Å². The molecule has 2 rings (SSSR count). The van der Waals surface area contributed by atoms with E-state index in [1.165, 1.54) is 11.1 Å². The van der Waals surface area contributed by atoms with E-state index in [0.29, 0.717) is 0 Å². The lowest BCUT2D eigenvalue weighted by Gasteiger charge is -2.08. The molecule has 1 aromatic heterocycles. The quantitative estimate of drug-likeness (QED) is 0.844. The van der Waals surface area contributed by atoms with E-state index in [2.05, 4.69) is 42.3 Å². The topological polar surface area (TPSA) is 24.9 Å². The maximum atomic E-state index is 4.28. The second-order valence-corrected chi connectivity index (χ2v) is 4.05. The van der Waals surface area contributed by atoms with E-state index in [1.807, 2.05) is 24.4 Å². The van der Waals surface area contributed by atoms with E-state index >= 15 is 0 Å². The van der Waals surface area contributed by atoms with Gasteiger partial charge in [-0.2, -0.15) is 0 Å². The van der Waals surface area contributed by atoms with Crippen LogP contribution in [0.1, 0.15) is 16.8 Å². The molecule has 0 aliphatic rings. The van der Waals surface area contributed by atoms with Gasteiger partial charge >= 0.3 is 0 Å². The highest BCUT2D eigenvalue weighted by Crippen LogP contribution is 2.14. The molecule has 0 spiro atoms. The summed E-state index contributed by atoms with van der Waals surface area (Å²) in [6, 6.07) is 12.4. The van der Waals surface area contributed by atoms with Crippen molar-refractivity contribution in [2.24, 2.45) is 0 Å². The molecule has 0 atom stereocenters. The third kappa shape index (κ3) is 2.83. The van der Waals surface area contributed by atoms with E-state index in [9.17, 15) is 0 Å². The number of rotatable bonds is 3. The zero-order valence-electron chi connectivity index (χ0n) is 9.70. The number of hydrogen-bond donors (Lipinski definition) is 1. The number of nitrogens with zero attached hydrogens (tertiary/aromatic N) is 1. The van der Waals surface area contributed by atoms with Crippen LogP contribution in [0.5, 0.6) is 0 Å². The third-order valence-electron chi connectivity index (χ3n) is 2.42. The molecule has 1 aromatic carbocycles. The Morgan fingerprint density at radius 2 is 1.81 bits per heavy atom. The van der Waals surface area contributed by atoms with E-state index in [4.69, 9.17) is 0 Å². The molecule has 2 heteroatoms. The molecule has 0 fully saturated rings. The van der Waals surface area contributed by atoms with Gasteiger partial charge in [-0.15, -0.1) is 0 Å². The number of benzene rings is 1. The average Bonchev–Trinajstić information content (AvgIpc) is 2.27. The Kier molecular flexibility index (Phi) is 3.20. The summed E-state index contributed by atoms with van der Waals surface area (Å²) in [5.74, 6) is 0. The number of pyridine rings is 1. The fourth-order valence-electron chi connectivity index (χ4n) is 1.77. The first-order chi connectivity index (χ1) is 7.74. The van der Waals surface area contributed by atoms with Crippen molar-refractivity contribution < 1.29 is 0 Å². The first-order valence-electron chi connectivity index (χ1n) is 5.46. The fourth-order valence-corrected chi connectivity index (χ4v) is 1.77. The molecule has 0 aliphatic heterocycles. The van der Waals surface area contributed by atoms with Gasteiger partial charge in [-0.3, -0.25) is 4.98 Å². The number of aromatic nitrogens is 1. The van der Waals surface area contributed by atoms with Crippen LogP contribution >= 0.6 is 0 Å². The monoisotopic (exact) mass is 212 g/mol. The molecule has 0 saturated carbocycles. The smallest absolute Gasteiger partial charge is 0.0594 e. The number of anilines is 1. The number of hydrogen-bond acceptors (Lipinski definition) is 2. The van der Waals surface area contributed by atoms with E-state index in [-0.39, 0.29) is 0 Å². The lowest BCUT2D eigenvalue weighted by atomic mass is 10.1. The van der Waals surface area contributed by atoms with Gasteiger partial charge in [-0.1, -0.05) is 12.1 Å². The second-order valence-electron chi connectivity index (χ2n) is 4.05. The molecule has 0 amide bonds. The van der Waals surface area contributed by atoms with Crippen LogP contribution in [0.15, 0.2) is 42.6 Å². The Morgan fingerprint density at radius 1 is 1.06 bits per heavy atom. The van der Waals surface area contributed by atoms with Gasteiger partial charge in [0.25, 0.3) is 0 Å². The Balaban J connectivity index is 2.05. The molecule has 82 valence electrons. The van der Waals surface area contributed by atoms with Gasteiger partial charge in [-0.05, 0) is 49.2 Å². The maximum Gasteiger partial charge on any atom is 0.0594 e. The SMILES string of the molecule is Cc1cc(C)cc(NCc2ccccn2)c1. The largest absolute Gasteiger partial charge is 0.379 e. The predicted octanol–water partition coefficient (Wildman–Crippen LogP) is 3.31. The van der Waals surface area contributed by atoms with Crippen LogP contribution < -0.4 is 5.32 Å². The molecule has 1 heterocycles. The van der Waals surface area contributed by atoms with E-state index < -0.39 is 0 Å². The van der Waals surface area contributed by atoms with Crippen molar-refractivity contribution in [2.75, 3.05) is 5.32 Å². The molecule has 2 aromatic rings. The maximum absolute atomic E-state index is 4.28. The summed E-state index contributed by atoms with van der Waals surface area (Å²) in [6.45, 7) is 4.99. The normalized spacial score (nSPS) is 10.1. The molecular weight excluding hydrogens is 196 g/mol. The molecule has 0 unspecified atom stereocenters. The van der Waals surface area contributed by atoms with Gasteiger partial charge in [0.2, 0.25) is 0 Å². The zero-order valence-corrected chi connectivity index (χ0v) is 9.70. The molecule has 16 heavy (non-hydrogen) atoms. The highest BCUT2D eigenvalue weighted by atomic mass is 14.9. The van der Waals surface area contributed by atoms with Gasteiger partial charge in [0.15, 0.2) is 0 Å². The van der Waals surface area contributed by atoms with Crippen LogP contribution in [0, 0.1) is 13.8 Å². The number of nitrogens with one attached hydrogen (secondary N) is 1. The van der Waals surface area contributed by atoms with Crippen molar-refractivity contribution in [2.45, 2.75) is 20.4 Å². The summed E-state index contributed by atoms with van der Waals surface area (Å²) in [5, 5.41) is 3.38. The zero-order chi connectivity index (χ0) is 11.4. The van der Waals surface area contributed by atoms with Gasteiger partial charge in [0, 0.05) is 11.9 Å². The van der Waals surface area contributed by atoms with Crippen LogP contribution in [0.3, 0.4) is 0 Å². The van der Waals surface area contributed by atoms with Crippen molar-refractivity contribution in [1.29, 1.82) is 0 Å². The van der Waals surface area contributed by atoms with Crippen LogP contribution in [-0.4, -0.2) is 4.98 Å². The van der Waals surface area contributed by atoms with E-state index in [1.54, 1.807) is 0 Å². The molecule has 0 aliphatic carbocycles. The van der Waals surface area contributed by atoms with Crippen molar-refractivity contribution in [3.05, 3.63) is 59.4 Å². The summed E-state index contributed by atoms with van der Waals surface area (Å²) in [6.07, 6.45) is 1.82. The van der Waals surface area contributed by atoms with Crippen molar-refractivity contribution in [1.82, 2.24) is 4.98 Å². The second kappa shape index (κ2) is 4.79. The minimum absolute atomic E-state index is 0.768. The minimum Gasteiger partial charge on any atom is -0.379 e.